The van der Waals surface area contributed by atoms with Gasteiger partial charge in [-0.15, -0.1) is 0 Å². The average molecular weight is 393 g/mol. The van der Waals surface area contributed by atoms with E-state index in [1.165, 1.54) is 50.2 Å². The number of carbonyl (C=O) groups excluding carboxylic acids is 2. The third-order valence-corrected chi connectivity index (χ3v) is 5.21. The SMILES string of the molecule is CC(=O)Nc1ccc(S(=O)(=O)N[C@H](C)C(=O)Nc2ccc(C)c(F)c2)cc1. The van der Waals surface area contributed by atoms with Crippen LogP contribution in [0.15, 0.2) is 47.4 Å². The monoisotopic (exact) mass is 393 g/mol. The summed E-state index contributed by atoms with van der Waals surface area (Å²) in [6, 6.07) is 8.62. The molecule has 2 rings (SSSR count). The summed E-state index contributed by atoms with van der Waals surface area (Å²) >= 11 is 0. The van der Waals surface area contributed by atoms with Crippen LogP contribution >= 0.6 is 0 Å². The zero-order chi connectivity index (χ0) is 20.2. The molecule has 0 spiro atoms. The molecule has 0 heterocycles. The summed E-state index contributed by atoms with van der Waals surface area (Å²) in [7, 11) is -3.95. The third-order valence-electron chi connectivity index (χ3n) is 3.65. The second-order valence-corrected chi connectivity index (χ2v) is 7.72. The molecule has 0 fully saturated rings. The van der Waals surface area contributed by atoms with Crippen molar-refractivity contribution in [3.63, 3.8) is 0 Å². The number of carbonyl (C=O) groups is 2. The number of nitrogens with one attached hydrogen (secondary N) is 3. The van der Waals surface area contributed by atoms with E-state index >= 15 is 0 Å². The molecule has 2 amide bonds. The highest BCUT2D eigenvalue weighted by molar-refractivity contribution is 7.89. The third kappa shape index (κ3) is 5.60. The summed E-state index contributed by atoms with van der Waals surface area (Å²) in [4.78, 5) is 23.1. The lowest BCUT2D eigenvalue weighted by molar-refractivity contribution is -0.117. The number of benzene rings is 2. The van der Waals surface area contributed by atoms with Crippen molar-refractivity contribution in [2.45, 2.75) is 31.7 Å². The zero-order valence-corrected chi connectivity index (χ0v) is 15.9. The van der Waals surface area contributed by atoms with Crippen molar-refractivity contribution in [1.29, 1.82) is 0 Å². The minimum absolute atomic E-state index is 0.0577. The van der Waals surface area contributed by atoms with E-state index in [1.54, 1.807) is 6.92 Å². The molecule has 1 atom stereocenters. The molecule has 3 N–H and O–H groups in total. The lowest BCUT2D eigenvalue weighted by atomic mass is 10.2. The molecule has 0 saturated carbocycles. The largest absolute Gasteiger partial charge is 0.326 e. The molecular formula is C18H20FN3O4S. The molecule has 0 aliphatic heterocycles. The Labute approximate surface area is 157 Å². The molecular weight excluding hydrogens is 373 g/mol. The van der Waals surface area contributed by atoms with Gasteiger partial charge < -0.3 is 10.6 Å². The lowest BCUT2D eigenvalue weighted by Crippen LogP contribution is -2.41. The molecule has 2 aromatic carbocycles. The molecule has 9 heteroatoms. The molecule has 27 heavy (non-hydrogen) atoms. The van der Waals surface area contributed by atoms with E-state index in [9.17, 15) is 22.4 Å². The number of aryl methyl sites for hydroxylation is 1. The summed E-state index contributed by atoms with van der Waals surface area (Å²) in [5, 5.41) is 4.99. The van der Waals surface area contributed by atoms with Crippen LogP contribution in [-0.4, -0.2) is 26.3 Å². The van der Waals surface area contributed by atoms with Crippen LogP contribution in [0.25, 0.3) is 0 Å². The van der Waals surface area contributed by atoms with Gasteiger partial charge in [-0.2, -0.15) is 4.72 Å². The average Bonchev–Trinajstić information content (AvgIpc) is 2.57. The number of hydrogen-bond donors (Lipinski definition) is 3. The van der Waals surface area contributed by atoms with Gasteiger partial charge in [-0.25, -0.2) is 12.8 Å². The minimum atomic E-state index is -3.95. The molecule has 0 radical (unpaired) electrons. The maximum atomic E-state index is 13.5. The summed E-state index contributed by atoms with van der Waals surface area (Å²) in [5.74, 6) is -1.38. The first-order chi connectivity index (χ1) is 12.6. The summed E-state index contributed by atoms with van der Waals surface area (Å²) in [5.41, 5.74) is 1.12. The van der Waals surface area contributed by atoms with E-state index in [1.807, 2.05) is 0 Å². The second-order valence-electron chi connectivity index (χ2n) is 6.00. The predicted octanol–water partition coefficient (Wildman–Crippen LogP) is 2.40. The first-order valence-corrected chi connectivity index (χ1v) is 9.54. The molecule has 0 aliphatic carbocycles. The molecule has 0 aliphatic rings. The van der Waals surface area contributed by atoms with Gasteiger partial charge in [0.1, 0.15) is 5.82 Å². The first kappa shape index (κ1) is 20.5. The first-order valence-electron chi connectivity index (χ1n) is 8.05. The topological polar surface area (TPSA) is 104 Å². The van der Waals surface area contributed by atoms with E-state index in [2.05, 4.69) is 15.4 Å². The van der Waals surface area contributed by atoms with Gasteiger partial charge in [-0.3, -0.25) is 9.59 Å². The van der Waals surface area contributed by atoms with Crippen molar-refractivity contribution in [2.24, 2.45) is 0 Å². The fourth-order valence-corrected chi connectivity index (χ4v) is 3.40. The van der Waals surface area contributed by atoms with Gasteiger partial charge in [0.2, 0.25) is 21.8 Å². The molecule has 0 unspecified atom stereocenters. The highest BCUT2D eigenvalue weighted by atomic mass is 32.2. The van der Waals surface area contributed by atoms with Crippen molar-refractivity contribution in [3.8, 4) is 0 Å². The van der Waals surface area contributed by atoms with Crippen molar-refractivity contribution >= 4 is 33.2 Å². The van der Waals surface area contributed by atoms with E-state index in [0.29, 0.717) is 11.3 Å². The Morgan fingerprint density at radius 2 is 1.59 bits per heavy atom. The fraction of sp³-hybridized carbons (Fsp3) is 0.222. The van der Waals surface area contributed by atoms with Crippen molar-refractivity contribution < 1.29 is 22.4 Å². The van der Waals surface area contributed by atoms with Crippen molar-refractivity contribution in [3.05, 3.63) is 53.8 Å². The number of rotatable bonds is 6. The highest BCUT2D eigenvalue weighted by Gasteiger charge is 2.22. The van der Waals surface area contributed by atoms with Gasteiger partial charge in [-0.1, -0.05) is 6.07 Å². The van der Waals surface area contributed by atoms with Gasteiger partial charge >= 0.3 is 0 Å². The molecule has 0 bridgehead atoms. The van der Waals surface area contributed by atoms with Crippen LogP contribution < -0.4 is 15.4 Å². The van der Waals surface area contributed by atoms with Gasteiger partial charge in [0.25, 0.3) is 0 Å². The Bertz CT molecular complexity index is 959. The van der Waals surface area contributed by atoms with Crippen molar-refractivity contribution in [2.75, 3.05) is 10.6 Å². The van der Waals surface area contributed by atoms with Gasteiger partial charge in [0.15, 0.2) is 0 Å². The maximum Gasteiger partial charge on any atom is 0.242 e. The summed E-state index contributed by atoms with van der Waals surface area (Å²) in [6.07, 6.45) is 0. The molecule has 0 aromatic heterocycles. The fourth-order valence-electron chi connectivity index (χ4n) is 2.20. The number of halogens is 1. The minimum Gasteiger partial charge on any atom is -0.326 e. The van der Waals surface area contributed by atoms with E-state index < -0.39 is 27.8 Å². The Kier molecular flexibility index (Phi) is 6.29. The van der Waals surface area contributed by atoms with Crippen LogP contribution in [0, 0.1) is 12.7 Å². The molecule has 144 valence electrons. The Morgan fingerprint density at radius 3 is 2.15 bits per heavy atom. The predicted molar refractivity (Wildman–Crippen MR) is 100 cm³/mol. The standard InChI is InChI=1S/C18H20FN3O4S/c1-11-4-5-15(10-17(11)19)21-18(24)12(2)22-27(25,26)16-8-6-14(7-9-16)20-13(3)23/h4-10,12,22H,1-3H3,(H,20,23)(H,21,24)/t12-/m1/s1. The smallest absolute Gasteiger partial charge is 0.242 e. The van der Waals surface area contributed by atoms with E-state index in [-0.39, 0.29) is 16.5 Å². The van der Waals surface area contributed by atoms with Crippen LogP contribution in [-0.2, 0) is 19.6 Å². The quantitative estimate of drug-likeness (QED) is 0.701. The van der Waals surface area contributed by atoms with Crippen LogP contribution in [0.3, 0.4) is 0 Å². The number of amides is 2. The number of anilines is 2. The van der Waals surface area contributed by atoms with E-state index in [0.717, 1.165) is 6.07 Å². The van der Waals surface area contributed by atoms with Crippen LogP contribution in [0.2, 0.25) is 0 Å². The molecule has 2 aromatic rings. The van der Waals surface area contributed by atoms with Gasteiger partial charge in [0.05, 0.1) is 10.9 Å². The van der Waals surface area contributed by atoms with Crippen LogP contribution in [0.5, 0.6) is 0 Å². The lowest BCUT2D eigenvalue weighted by Gasteiger charge is -2.15. The van der Waals surface area contributed by atoms with Crippen LogP contribution in [0.1, 0.15) is 19.4 Å². The summed E-state index contributed by atoms with van der Waals surface area (Å²) in [6.45, 7) is 4.31. The number of hydrogen-bond acceptors (Lipinski definition) is 4. The van der Waals surface area contributed by atoms with Gasteiger partial charge in [-0.05, 0) is 55.8 Å². The molecule has 0 saturated heterocycles. The normalized spacial score (nSPS) is 12.3. The van der Waals surface area contributed by atoms with Crippen molar-refractivity contribution in [1.82, 2.24) is 4.72 Å². The maximum absolute atomic E-state index is 13.5. The highest BCUT2D eigenvalue weighted by Crippen LogP contribution is 2.16. The Morgan fingerprint density at radius 1 is 1.00 bits per heavy atom. The molecule has 7 nitrogen and oxygen atoms in total. The van der Waals surface area contributed by atoms with Crippen LogP contribution in [0.4, 0.5) is 15.8 Å². The number of sulfonamides is 1. The Hall–Kier alpha value is -2.78. The zero-order valence-electron chi connectivity index (χ0n) is 15.0. The second kappa shape index (κ2) is 8.28. The Balaban J connectivity index is 2.05. The van der Waals surface area contributed by atoms with Gasteiger partial charge in [0, 0.05) is 18.3 Å². The van der Waals surface area contributed by atoms with E-state index in [4.69, 9.17) is 0 Å². The summed E-state index contributed by atoms with van der Waals surface area (Å²) < 4.78 is 40.6.